The van der Waals surface area contributed by atoms with Crippen molar-refractivity contribution in [3.05, 3.63) is 35.1 Å². The second-order valence-electron chi connectivity index (χ2n) is 7.97. The standard InChI is InChI=1S/C22H27N7O4S/c1-15-19(21(31)32)34-22(24-15)28-12-10-27(11-13-28)18(30)7-3-4-9-29-14-17(25-26-29)16-6-5-8-23-20(16)33-2/h5-6,8,14H,3-4,7,9-13H2,1-2H3,(H,31,32). The first-order valence-electron chi connectivity index (χ1n) is 11.1. The van der Waals surface area contributed by atoms with Crippen molar-refractivity contribution in [2.24, 2.45) is 0 Å². The Kier molecular flexibility index (Phi) is 7.36. The van der Waals surface area contributed by atoms with Crippen LogP contribution in [0.1, 0.15) is 34.6 Å². The van der Waals surface area contributed by atoms with E-state index in [0.29, 0.717) is 61.5 Å². The third-order valence-electron chi connectivity index (χ3n) is 5.69. The van der Waals surface area contributed by atoms with Crippen LogP contribution in [0.15, 0.2) is 24.5 Å². The van der Waals surface area contributed by atoms with Crippen LogP contribution in [0.5, 0.6) is 5.88 Å². The molecule has 0 aliphatic carbocycles. The number of rotatable bonds is 9. The molecule has 0 aromatic carbocycles. The molecule has 11 nitrogen and oxygen atoms in total. The van der Waals surface area contributed by atoms with E-state index in [1.165, 1.54) is 11.3 Å². The summed E-state index contributed by atoms with van der Waals surface area (Å²) in [5, 5.41) is 18.3. The van der Waals surface area contributed by atoms with E-state index in [1.807, 2.05) is 28.1 Å². The lowest BCUT2D eigenvalue weighted by molar-refractivity contribution is -0.131. The number of aromatic nitrogens is 5. The Morgan fingerprint density at radius 3 is 2.71 bits per heavy atom. The highest BCUT2D eigenvalue weighted by Crippen LogP contribution is 2.27. The number of thiazole rings is 1. The summed E-state index contributed by atoms with van der Waals surface area (Å²) in [6, 6.07) is 3.72. The van der Waals surface area contributed by atoms with Gasteiger partial charge in [0, 0.05) is 45.3 Å². The molecule has 180 valence electrons. The number of carbonyl (C=O) groups excluding carboxylic acids is 1. The molecule has 0 atom stereocenters. The third kappa shape index (κ3) is 5.33. The number of amides is 1. The van der Waals surface area contributed by atoms with Crippen molar-refractivity contribution in [2.75, 3.05) is 38.2 Å². The SMILES string of the molecule is COc1ncccc1-c1cn(CCCCC(=O)N2CCN(c3nc(C)c(C(=O)O)s3)CC2)nn1. The van der Waals surface area contributed by atoms with E-state index in [2.05, 4.69) is 20.3 Å². The number of pyridine rings is 1. The summed E-state index contributed by atoms with van der Waals surface area (Å²) in [4.78, 5) is 36.6. The predicted molar refractivity (Wildman–Crippen MR) is 126 cm³/mol. The van der Waals surface area contributed by atoms with E-state index in [9.17, 15) is 14.7 Å². The van der Waals surface area contributed by atoms with Crippen LogP contribution in [-0.2, 0) is 11.3 Å². The Morgan fingerprint density at radius 2 is 2.00 bits per heavy atom. The van der Waals surface area contributed by atoms with Crippen LogP contribution in [0.3, 0.4) is 0 Å². The lowest BCUT2D eigenvalue weighted by Crippen LogP contribution is -2.48. The van der Waals surface area contributed by atoms with Crippen molar-refractivity contribution in [3.8, 4) is 17.1 Å². The molecule has 4 rings (SSSR count). The average molecular weight is 486 g/mol. The molecule has 0 spiro atoms. The number of aryl methyl sites for hydroxylation is 2. The summed E-state index contributed by atoms with van der Waals surface area (Å²) >= 11 is 1.19. The van der Waals surface area contributed by atoms with Gasteiger partial charge < -0.3 is 19.6 Å². The topological polar surface area (TPSA) is 127 Å². The molecule has 1 fully saturated rings. The molecule has 12 heteroatoms. The van der Waals surface area contributed by atoms with Crippen LogP contribution in [0, 0.1) is 6.92 Å². The Hall–Kier alpha value is -3.54. The summed E-state index contributed by atoms with van der Waals surface area (Å²) in [6.07, 6.45) is 5.58. The van der Waals surface area contributed by atoms with Crippen LogP contribution in [0.2, 0.25) is 0 Å². The van der Waals surface area contributed by atoms with E-state index in [0.717, 1.165) is 18.4 Å². The molecule has 0 saturated carbocycles. The highest BCUT2D eigenvalue weighted by atomic mass is 32.1. The number of hydrogen-bond acceptors (Lipinski definition) is 9. The minimum absolute atomic E-state index is 0.139. The number of carboxylic acids is 1. The number of anilines is 1. The van der Waals surface area contributed by atoms with Gasteiger partial charge in [-0.15, -0.1) is 5.10 Å². The van der Waals surface area contributed by atoms with Crippen molar-refractivity contribution in [3.63, 3.8) is 0 Å². The highest BCUT2D eigenvalue weighted by Gasteiger charge is 2.24. The van der Waals surface area contributed by atoms with Crippen molar-refractivity contribution in [1.29, 1.82) is 0 Å². The van der Waals surface area contributed by atoms with E-state index in [1.54, 1.807) is 24.9 Å². The van der Waals surface area contributed by atoms with Crippen molar-refractivity contribution < 1.29 is 19.4 Å². The van der Waals surface area contributed by atoms with Gasteiger partial charge in [-0.1, -0.05) is 16.6 Å². The number of hydrogen-bond donors (Lipinski definition) is 1. The number of nitrogens with zero attached hydrogens (tertiary/aromatic N) is 7. The second-order valence-corrected chi connectivity index (χ2v) is 8.95. The van der Waals surface area contributed by atoms with Gasteiger partial charge in [0.1, 0.15) is 10.6 Å². The van der Waals surface area contributed by atoms with Gasteiger partial charge in [-0.2, -0.15) is 0 Å². The number of aromatic carboxylic acids is 1. The van der Waals surface area contributed by atoms with Crippen LogP contribution >= 0.6 is 11.3 Å². The maximum absolute atomic E-state index is 12.6. The molecule has 3 aromatic heterocycles. The van der Waals surface area contributed by atoms with Crippen molar-refractivity contribution in [1.82, 2.24) is 29.9 Å². The van der Waals surface area contributed by atoms with Crippen LogP contribution in [-0.4, -0.2) is 80.1 Å². The lowest BCUT2D eigenvalue weighted by atomic mass is 10.2. The number of piperazine rings is 1. The second kappa shape index (κ2) is 10.6. The molecule has 34 heavy (non-hydrogen) atoms. The van der Waals surface area contributed by atoms with Gasteiger partial charge >= 0.3 is 5.97 Å². The third-order valence-corrected chi connectivity index (χ3v) is 6.90. The Labute approximate surface area is 201 Å². The van der Waals surface area contributed by atoms with Gasteiger partial charge in [-0.05, 0) is 31.9 Å². The van der Waals surface area contributed by atoms with Crippen LogP contribution < -0.4 is 9.64 Å². The zero-order chi connectivity index (χ0) is 24.1. The molecule has 1 amide bonds. The van der Waals surface area contributed by atoms with E-state index in [4.69, 9.17) is 4.74 Å². The molecule has 0 unspecified atom stereocenters. The van der Waals surface area contributed by atoms with Crippen LogP contribution in [0.25, 0.3) is 11.3 Å². The Morgan fingerprint density at radius 1 is 1.21 bits per heavy atom. The molecule has 3 aromatic rings. The van der Waals surface area contributed by atoms with Crippen LogP contribution in [0.4, 0.5) is 5.13 Å². The summed E-state index contributed by atoms with van der Waals surface area (Å²) < 4.78 is 7.05. The zero-order valence-corrected chi connectivity index (χ0v) is 20.0. The van der Waals surface area contributed by atoms with Crippen molar-refractivity contribution >= 4 is 28.3 Å². The number of methoxy groups -OCH3 is 1. The van der Waals surface area contributed by atoms with E-state index < -0.39 is 5.97 Å². The number of ether oxygens (including phenoxy) is 1. The normalized spacial score (nSPS) is 13.8. The summed E-state index contributed by atoms with van der Waals surface area (Å²) in [6.45, 7) is 4.90. The highest BCUT2D eigenvalue weighted by molar-refractivity contribution is 7.17. The molecular formula is C22H27N7O4S. The smallest absolute Gasteiger partial charge is 0.347 e. The first kappa shape index (κ1) is 23.6. The van der Waals surface area contributed by atoms with Gasteiger partial charge in [0.15, 0.2) is 5.13 Å². The lowest BCUT2D eigenvalue weighted by Gasteiger charge is -2.34. The van der Waals surface area contributed by atoms with Gasteiger partial charge in [0.2, 0.25) is 11.8 Å². The van der Waals surface area contributed by atoms with E-state index in [-0.39, 0.29) is 10.8 Å². The molecule has 1 aliphatic heterocycles. The molecule has 1 aliphatic rings. The summed E-state index contributed by atoms with van der Waals surface area (Å²) in [5.41, 5.74) is 2.02. The fraction of sp³-hybridized carbons (Fsp3) is 0.455. The Balaban J connectivity index is 1.20. The molecular weight excluding hydrogens is 458 g/mol. The van der Waals surface area contributed by atoms with Gasteiger partial charge in [0.25, 0.3) is 0 Å². The molecule has 0 radical (unpaired) electrons. The largest absolute Gasteiger partial charge is 0.481 e. The monoisotopic (exact) mass is 485 g/mol. The number of carbonyl (C=O) groups is 2. The fourth-order valence-electron chi connectivity index (χ4n) is 3.85. The maximum atomic E-state index is 12.6. The number of carboxylic acid groups (broad SMARTS) is 1. The molecule has 0 bridgehead atoms. The van der Waals surface area contributed by atoms with Gasteiger partial charge in [0.05, 0.1) is 24.6 Å². The minimum atomic E-state index is -0.950. The minimum Gasteiger partial charge on any atom is -0.481 e. The first-order valence-corrected chi connectivity index (χ1v) is 11.9. The van der Waals surface area contributed by atoms with Gasteiger partial charge in [-0.3, -0.25) is 9.48 Å². The fourth-order valence-corrected chi connectivity index (χ4v) is 4.81. The average Bonchev–Trinajstić information content (AvgIpc) is 3.48. The molecule has 4 heterocycles. The van der Waals surface area contributed by atoms with Crippen molar-refractivity contribution in [2.45, 2.75) is 32.7 Å². The number of unbranched alkanes of at least 4 members (excludes halogenated alkanes) is 1. The van der Waals surface area contributed by atoms with E-state index >= 15 is 0 Å². The van der Waals surface area contributed by atoms with Gasteiger partial charge in [-0.25, -0.2) is 14.8 Å². The predicted octanol–water partition coefficient (Wildman–Crippen LogP) is 2.33. The quantitative estimate of drug-likeness (QED) is 0.454. The summed E-state index contributed by atoms with van der Waals surface area (Å²) in [7, 11) is 1.57. The summed E-state index contributed by atoms with van der Waals surface area (Å²) in [5.74, 6) is -0.304. The Bertz CT molecular complexity index is 1150. The molecule has 1 saturated heterocycles. The maximum Gasteiger partial charge on any atom is 0.347 e. The first-order chi connectivity index (χ1) is 16.5. The zero-order valence-electron chi connectivity index (χ0n) is 19.2. The molecule has 1 N–H and O–H groups in total.